The van der Waals surface area contributed by atoms with Gasteiger partial charge < -0.3 is 19.3 Å². The Labute approximate surface area is 225 Å². The van der Waals surface area contributed by atoms with E-state index in [9.17, 15) is 4.79 Å². The average molecular weight is 562 g/mol. The number of halogens is 1. The maximum Gasteiger partial charge on any atom is 0.508 e. The Balaban J connectivity index is 0.00000222. The fraction of sp³-hybridized carbons (Fsp3) is 0.536. The number of benzene rings is 1. The third-order valence-corrected chi connectivity index (χ3v) is 6.61. The Hall–Kier alpha value is -2.61. The molecule has 0 aliphatic carbocycles. The lowest BCUT2D eigenvalue weighted by atomic mass is 9.97. The molecule has 1 saturated heterocycles. The Kier molecular flexibility index (Phi) is 11.7. The predicted molar refractivity (Wildman–Crippen MR) is 151 cm³/mol. The first-order chi connectivity index (χ1) is 17.3. The summed E-state index contributed by atoms with van der Waals surface area (Å²) >= 11 is 3.60. The molecule has 1 aliphatic rings. The molecule has 1 aliphatic heterocycles. The molecule has 198 valence electrons. The molecule has 1 aromatic heterocycles. The van der Waals surface area contributed by atoms with Gasteiger partial charge in [0.2, 0.25) is 0 Å². The first kappa shape index (κ1) is 29.6. The van der Waals surface area contributed by atoms with E-state index in [1.165, 1.54) is 0 Å². The Morgan fingerprint density at radius 2 is 1.75 bits per heavy atom. The zero-order chi connectivity index (χ0) is 26.8. The van der Waals surface area contributed by atoms with Crippen LogP contribution in [0.25, 0.3) is 0 Å². The van der Waals surface area contributed by atoms with E-state index in [0.717, 1.165) is 76.7 Å². The summed E-state index contributed by atoms with van der Waals surface area (Å²) in [4.78, 5) is 25.7. The largest absolute Gasteiger partial charge is 0.508 e. The Bertz CT molecular complexity index is 1010. The monoisotopic (exact) mass is 560 g/mol. The van der Waals surface area contributed by atoms with Gasteiger partial charge in [0, 0.05) is 29.3 Å². The number of aromatic nitrogens is 2. The first-order valence-corrected chi connectivity index (χ1v) is 13.7. The van der Waals surface area contributed by atoms with Crippen LogP contribution in [0.1, 0.15) is 63.1 Å². The molecule has 2 aromatic rings. The fourth-order valence-corrected chi connectivity index (χ4v) is 5.25. The van der Waals surface area contributed by atoms with Crippen LogP contribution < -0.4 is 9.80 Å². The smallest absolute Gasteiger partial charge is 0.435 e. The van der Waals surface area contributed by atoms with Crippen LogP contribution in [0.15, 0.2) is 29.4 Å². The summed E-state index contributed by atoms with van der Waals surface area (Å²) in [5.41, 5.74) is 4.49. The van der Waals surface area contributed by atoms with Crippen molar-refractivity contribution < 1.29 is 14.3 Å². The summed E-state index contributed by atoms with van der Waals surface area (Å²) < 4.78 is 11.2. The number of nitrogens with zero attached hydrogens (tertiary/aromatic N) is 4. The normalized spacial score (nSPS) is 13.5. The highest BCUT2D eigenvalue weighted by Gasteiger charge is 2.27. The molecule has 0 amide bonds. The number of aryl methyl sites for hydroxylation is 3. The molecule has 3 rings (SSSR count). The number of hydrogen-bond donors (Lipinski definition) is 0. The van der Waals surface area contributed by atoms with Crippen LogP contribution in [0.3, 0.4) is 0 Å². The topological polar surface area (TPSA) is 67.8 Å². The van der Waals surface area contributed by atoms with Crippen LogP contribution in [0.5, 0.6) is 0 Å². The second-order valence-corrected chi connectivity index (χ2v) is 9.53. The minimum atomic E-state index is -0.586. The van der Waals surface area contributed by atoms with Gasteiger partial charge in [-0.05, 0) is 76.1 Å². The number of ether oxygens (including phenoxy) is 2. The molecule has 1 aromatic carbocycles. The number of rotatable bonds is 8. The molecule has 2 heterocycles. The van der Waals surface area contributed by atoms with Crippen molar-refractivity contribution in [3.63, 3.8) is 0 Å². The van der Waals surface area contributed by atoms with Gasteiger partial charge in [0.1, 0.15) is 17.5 Å². The number of piperidine rings is 1. The minimum Gasteiger partial charge on any atom is -0.435 e. The second kappa shape index (κ2) is 14.2. The average Bonchev–Trinajstić information content (AvgIpc) is 2.86. The van der Waals surface area contributed by atoms with E-state index in [1.807, 2.05) is 27.0 Å². The lowest BCUT2D eigenvalue weighted by molar-refractivity contribution is 0.0447. The van der Waals surface area contributed by atoms with E-state index in [0.29, 0.717) is 19.1 Å². The molecule has 0 N–H and O–H groups in total. The molecule has 1 fully saturated rings. The van der Waals surface area contributed by atoms with Crippen molar-refractivity contribution in [2.75, 3.05) is 36.1 Å². The van der Waals surface area contributed by atoms with Gasteiger partial charge in [-0.25, -0.2) is 14.8 Å². The van der Waals surface area contributed by atoms with E-state index in [2.05, 4.69) is 65.2 Å². The van der Waals surface area contributed by atoms with Crippen LogP contribution in [0, 0.1) is 26.7 Å². The molecule has 0 bridgehead atoms. The maximum absolute atomic E-state index is 11.5. The molecule has 0 radical (unpaired) electrons. The predicted octanol–water partition coefficient (Wildman–Crippen LogP) is 7.42. The van der Waals surface area contributed by atoms with Gasteiger partial charge in [-0.3, -0.25) is 0 Å². The third-order valence-electron chi connectivity index (χ3n) is 6.15. The Morgan fingerprint density at radius 3 is 2.28 bits per heavy atom. The molecule has 7 nitrogen and oxygen atoms in total. The summed E-state index contributed by atoms with van der Waals surface area (Å²) in [5, 5.41) is 0. The van der Waals surface area contributed by atoms with Crippen molar-refractivity contribution in [1.29, 1.82) is 0 Å². The molecule has 8 heteroatoms. The van der Waals surface area contributed by atoms with E-state index in [-0.39, 0.29) is 0 Å². The highest BCUT2D eigenvalue weighted by atomic mass is 79.9. The summed E-state index contributed by atoms with van der Waals surface area (Å²) in [6.45, 7) is 20.6. The number of anilines is 3. The molecule has 0 atom stereocenters. The zero-order valence-corrected chi connectivity index (χ0v) is 24.4. The lowest BCUT2D eigenvalue weighted by Gasteiger charge is -2.35. The highest BCUT2D eigenvalue weighted by molar-refractivity contribution is 9.10. The highest BCUT2D eigenvalue weighted by Crippen LogP contribution is 2.38. The van der Waals surface area contributed by atoms with Crippen molar-refractivity contribution in [1.82, 2.24) is 9.97 Å². The SMILES string of the molecule is C=CN(c1nc(C)nc(N2CCC(COC(=O)OCC)CC2)c1CC)c1c(C)cc(Br)cc1C.CC. The second-order valence-electron chi connectivity index (χ2n) is 8.62. The van der Waals surface area contributed by atoms with E-state index >= 15 is 0 Å². The molecular formula is C28H41BrN4O3. The standard InChI is InChI=1S/C26H35BrN4O3.C2H6/c1-7-22-24(30-12-10-20(11-13-30)16-34-26(32)33-9-3)28-19(6)29-25(22)31(8-2)23-17(4)14-21(27)15-18(23)5;1-2/h8,14-15,20H,2,7,9-13,16H2,1,3-6H3;1-2H3. The van der Waals surface area contributed by atoms with Crippen molar-refractivity contribution in [2.45, 2.75) is 67.7 Å². The summed E-state index contributed by atoms with van der Waals surface area (Å²) in [6.07, 6.45) is 3.91. The molecule has 0 spiro atoms. The number of carbonyl (C=O) groups is 1. The van der Waals surface area contributed by atoms with Crippen LogP contribution in [-0.2, 0) is 15.9 Å². The summed E-state index contributed by atoms with van der Waals surface area (Å²) in [6, 6.07) is 4.23. The van der Waals surface area contributed by atoms with Crippen molar-refractivity contribution >= 4 is 39.4 Å². The molecule has 0 saturated carbocycles. The van der Waals surface area contributed by atoms with Gasteiger partial charge in [0.15, 0.2) is 0 Å². The fourth-order valence-electron chi connectivity index (χ4n) is 4.57. The number of carbonyl (C=O) groups excluding carboxylic acids is 1. The molecule has 0 unspecified atom stereocenters. The summed E-state index contributed by atoms with van der Waals surface area (Å²) in [7, 11) is 0. The maximum atomic E-state index is 11.5. The quantitative estimate of drug-likeness (QED) is 0.311. The van der Waals surface area contributed by atoms with E-state index in [1.54, 1.807) is 6.92 Å². The first-order valence-electron chi connectivity index (χ1n) is 12.9. The molecule has 36 heavy (non-hydrogen) atoms. The lowest BCUT2D eigenvalue weighted by Crippen LogP contribution is -2.37. The van der Waals surface area contributed by atoms with Crippen LogP contribution in [0.4, 0.5) is 22.1 Å². The van der Waals surface area contributed by atoms with Gasteiger partial charge in [-0.1, -0.05) is 43.3 Å². The van der Waals surface area contributed by atoms with Gasteiger partial charge in [0.25, 0.3) is 0 Å². The third kappa shape index (κ3) is 7.21. The zero-order valence-electron chi connectivity index (χ0n) is 22.9. The molecular weight excluding hydrogens is 520 g/mol. The Morgan fingerprint density at radius 1 is 1.14 bits per heavy atom. The van der Waals surface area contributed by atoms with Crippen LogP contribution >= 0.6 is 15.9 Å². The van der Waals surface area contributed by atoms with Crippen molar-refractivity contribution in [3.05, 3.63) is 51.9 Å². The van der Waals surface area contributed by atoms with Gasteiger partial charge in [-0.15, -0.1) is 0 Å². The van der Waals surface area contributed by atoms with E-state index < -0.39 is 6.16 Å². The number of hydrogen-bond acceptors (Lipinski definition) is 7. The van der Waals surface area contributed by atoms with Gasteiger partial charge in [-0.2, -0.15) is 0 Å². The van der Waals surface area contributed by atoms with Gasteiger partial charge in [0.05, 0.1) is 18.9 Å². The summed E-state index contributed by atoms with van der Waals surface area (Å²) in [5.74, 6) is 2.91. The van der Waals surface area contributed by atoms with Crippen molar-refractivity contribution in [2.24, 2.45) is 5.92 Å². The van der Waals surface area contributed by atoms with Crippen LogP contribution in [-0.4, -0.2) is 42.4 Å². The van der Waals surface area contributed by atoms with Crippen molar-refractivity contribution in [3.8, 4) is 0 Å². The minimum absolute atomic E-state index is 0.325. The van der Waals surface area contributed by atoms with E-state index in [4.69, 9.17) is 19.4 Å². The van der Waals surface area contributed by atoms with Crippen LogP contribution in [0.2, 0.25) is 0 Å². The van der Waals surface area contributed by atoms with Gasteiger partial charge >= 0.3 is 6.16 Å².